The van der Waals surface area contributed by atoms with Gasteiger partial charge in [-0.05, 0) is 96.5 Å². The van der Waals surface area contributed by atoms with Gasteiger partial charge in [-0.15, -0.1) is 6.58 Å². The van der Waals surface area contributed by atoms with Crippen LogP contribution in [0.15, 0.2) is 96.2 Å². The Balaban J connectivity index is 1.54. The number of hydrogen-bond acceptors (Lipinski definition) is 12. The number of nitrogens with zero attached hydrogens (tertiary/aromatic N) is 3. The van der Waals surface area contributed by atoms with Crippen molar-refractivity contribution in [2.45, 2.75) is 90.1 Å². The van der Waals surface area contributed by atoms with Crippen molar-refractivity contribution in [2.24, 2.45) is 28.3 Å². The molecule has 0 saturated heterocycles. The van der Waals surface area contributed by atoms with E-state index in [1.54, 1.807) is 49.5 Å². The molecule has 0 spiro atoms. The minimum atomic E-state index is -1.48. The number of aliphatic hydroxyl groups excluding tert-OH is 2. The van der Waals surface area contributed by atoms with E-state index in [4.69, 9.17) is 28.9 Å². The van der Waals surface area contributed by atoms with Gasteiger partial charge in [-0.1, -0.05) is 63.1 Å². The number of amides is 1. The van der Waals surface area contributed by atoms with Crippen molar-refractivity contribution in [3.63, 3.8) is 0 Å². The number of non-ortho nitro benzene ring substituents is 1. The molecule has 0 aromatic heterocycles. The number of hydrogen-bond donors (Lipinski definition) is 2. The SMILES string of the molecule is C=CCO[C@@]12Oc3ccc(Oc4cccc(C=O)c4)cc3[C@H]3[C@H](CCCCO)[C@@H](CCCCO)C=C(C(=NOCc4ccc([N+](=O)[O-])cc4)C[C@@H]1N(C)C(=O)OCC(C)(C)C)[C@H]32. The van der Waals surface area contributed by atoms with Crippen LogP contribution < -0.4 is 9.47 Å². The number of oxime groups is 1. The lowest BCUT2D eigenvalue weighted by molar-refractivity contribution is -0.384. The minimum absolute atomic E-state index is 0.000650. The van der Waals surface area contributed by atoms with Crippen LogP contribution in [0.5, 0.6) is 17.2 Å². The number of nitro benzene ring substituents is 1. The molecule has 14 heteroatoms. The van der Waals surface area contributed by atoms with Crippen molar-refractivity contribution in [3.05, 3.63) is 118 Å². The number of ether oxygens (including phenoxy) is 4. The van der Waals surface area contributed by atoms with E-state index in [0.717, 1.165) is 43.1 Å². The summed E-state index contributed by atoms with van der Waals surface area (Å²) in [5.41, 5.74) is 3.13. The number of aliphatic hydroxyl groups is 2. The number of allylic oxidation sites excluding steroid dienone is 1. The molecule has 1 fully saturated rings. The normalized spacial score (nSPS) is 23.2. The van der Waals surface area contributed by atoms with Crippen molar-refractivity contribution >= 4 is 23.8 Å². The van der Waals surface area contributed by atoms with Gasteiger partial charge in [0.15, 0.2) is 0 Å². The molecule has 3 aliphatic rings. The number of carbonyl (C=O) groups excluding carboxylic acids is 2. The quantitative estimate of drug-likeness (QED) is 0.0364. The maximum Gasteiger partial charge on any atom is 0.410 e. The molecule has 14 nitrogen and oxygen atoms in total. The highest BCUT2D eigenvalue weighted by atomic mass is 16.7. The predicted octanol–water partition coefficient (Wildman–Crippen LogP) is 9.15. The van der Waals surface area contributed by atoms with Gasteiger partial charge < -0.3 is 38.9 Å². The minimum Gasteiger partial charge on any atom is -0.459 e. The molecule has 332 valence electrons. The molecule has 6 atom stereocenters. The van der Waals surface area contributed by atoms with E-state index in [0.29, 0.717) is 46.9 Å². The number of unbranched alkanes of at least 4 members (excludes halogenated alkanes) is 2. The third-order valence-electron chi connectivity index (χ3n) is 11.8. The highest BCUT2D eigenvalue weighted by molar-refractivity contribution is 6.03. The Bertz CT molecular complexity index is 2110. The second-order valence-electron chi connectivity index (χ2n) is 17.5. The van der Waals surface area contributed by atoms with E-state index in [1.807, 2.05) is 39.0 Å². The Morgan fingerprint density at radius 2 is 1.76 bits per heavy atom. The highest BCUT2D eigenvalue weighted by Crippen LogP contribution is 2.62. The summed E-state index contributed by atoms with van der Waals surface area (Å²) in [4.78, 5) is 44.2. The van der Waals surface area contributed by atoms with E-state index >= 15 is 0 Å². The molecule has 0 radical (unpaired) electrons. The number of fused-ring (bicyclic) bond motifs is 2. The first-order chi connectivity index (χ1) is 29.8. The van der Waals surface area contributed by atoms with Gasteiger partial charge in [0.05, 0.1) is 29.8 Å². The molecule has 62 heavy (non-hydrogen) atoms. The molecular weight excluding hydrogens is 795 g/mol. The third kappa shape index (κ3) is 10.5. The Labute approximate surface area is 363 Å². The number of carbonyl (C=O) groups is 2. The van der Waals surface area contributed by atoms with Crippen molar-refractivity contribution in [1.29, 1.82) is 0 Å². The van der Waals surface area contributed by atoms with E-state index in [2.05, 4.69) is 12.7 Å². The van der Waals surface area contributed by atoms with Crippen LogP contribution in [0.25, 0.3) is 0 Å². The average Bonchev–Trinajstić information content (AvgIpc) is 3.26. The van der Waals surface area contributed by atoms with Crippen LogP contribution in [0.4, 0.5) is 10.5 Å². The zero-order valence-corrected chi connectivity index (χ0v) is 36.1. The molecule has 0 unspecified atom stereocenters. The van der Waals surface area contributed by atoms with Gasteiger partial charge in [0, 0.05) is 55.9 Å². The molecule has 3 aromatic carbocycles. The van der Waals surface area contributed by atoms with E-state index < -0.39 is 28.8 Å². The average molecular weight is 854 g/mol. The summed E-state index contributed by atoms with van der Waals surface area (Å²) >= 11 is 0. The highest BCUT2D eigenvalue weighted by Gasteiger charge is 2.65. The number of nitro groups is 1. The Morgan fingerprint density at radius 1 is 1.03 bits per heavy atom. The number of aldehydes is 1. The number of likely N-dealkylation sites (N-methyl/N-ethyl adjacent to an activating group) is 1. The molecule has 2 N–H and O–H groups in total. The Hall–Kier alpha value is -5.57. The van der Waals surface area contributed by atoms with Crippen LogP contribution in [0.3, 0.4) is 0 Å². The van der Waals surface area contributed by atoms with Gasteiger partial charge in [0.25, 0.3) is 5.69 Å². The smallest absolute Gasteiger partial charge is 0.410 e. The summed E-state index contributed by atoms with van der Waals surface area (Å²) in [5, 5.41) is 35.9. The summed E-state index contributed by atoms with van der Waals surface area (Å²) < 4.78 is 26.4. The fourth-order valence-corrected chi connectivity index (χ4v) is 8.98. The lowest BCUT2D eigenvalue weighted by Crippen LogP contribution is -2.69. The Kier molecular flexibility index (Phi) is 15.2. The van der Waals surface area contributed by atoms with Gasteiger partial charge in [-0.2, -0.15) is 0 Å². The van der Waals surface area contributed by atoms with Crippen LogP contribution in [-0.4, -0.2) is 83.4 Å². The van der Waals surface area contributed by atoms with E-state index in [1.165, 1.54) is 17.0 Å². The monoisotopic (exact) mass is 853 g/mol. The van der Waals surface area contributed by atoms with Crippen molar-refractivity contribution in [3.8, 4) is 17.2 Å². The molecule has 6 rings (SSSR count). The largest absolute Gasteiger partial charge is 0.459 e. The first kappa shape index (κ1) is 45.9. The summed E-state index contributed by atoms with van der Waals surface area (Å²) in [7, 11) is 1.68. The van der Waals surface area contributed by atoms with Gasteiger partial charge in [0.2, 0.25) is 5.79 Å². The van der Waals surface area contributed by atoms with Gasteiger partial charge in [-0.3, -0.25) is 14.9 Å². The molecule has 2 aliphatic carbocycles. The molecule has 1 amide bonds. The van der Waals surface area contributed by atoms with Crippen molar-refractivity contribution in [2.75, 3.05) is 33.5 Å². The number of rotatable bonds is 20. The number of benzene rings is 3. The van der Waals surface area contributed by atoms with Crippen LogP contribution in [0.2, 0.25) is 0 Å². The summed E-state index contributed by atoms with van der Waals surface area (Å²) in [5.74, 6) is -0.765. The fraction of sp³-hybridized carbons (Fsp3) is 0.479. The van der Waals surface area contributed by atoms with Crippen molar-refractivity contribution in [1.82, 2.24) is 4.90 Å². The van der Waals surface area contributed by atoms with E-state index in [9.17, 15) is 29.9 Å². The summed E-state index contributed by atoms with van der Waals surface area (Å²) in [6.07, 6.45) is 8.54. The molecular formula is C48H59N3O11. The topological polar surface area (TPSA) is 179 Å². The van der Waals surface area contributed by atoms with Crippen LogP contribution in [-0.2, 0) is 20.9 Å². The van der Waals surface area contributed by atoms with Crippen LogP contribution in [0.1, 0.15) is 93.1 Å². The molecule has 1 aliphatic heterocycles. The second kappa shape index (κ2) is 20.5. The first-order valence-corrected chi connectivity index (χ1v) is 21.4. The van der Waals surface area contributed by atoms with Gasteiger partial charge in [-0.25, -0.2) is 4.79 Å². The maximum atomic E-state index is 14.1. The summed E-state index contributed by atoms with van der Waals surface area (Å²) in [6.45, 7) is 10.3. The lowest BCUT2D eigenvalue weighted by Gasteiger charge is -2.59. The van der Waals surface area contributed by atoms with Gasteiger partial charge in [0.1, 0.15) is 36.2 Å². The molecule has 3 aromatic rings. The predicted molar refractivity (Wildman–Crippen MR) is 233 cm³/mol. The lowest BCUT2D eigenvalue weighted by atomic mass is 9.55. The zero-order chi connectivity index (χ0) is 44.4. The van der Waals surface area contributed by atoms with Crippen LogP contribution in [0, 0.1) is 33.3 Å². The van der Waals surface area contributed by atoms with Gasteiger partial charge >= 0.3 is 6.09 Å². The first-order valence-electron chi connectivity index (χ1n) is 21.4. The fourth-order valence-electron chi connectivity index (χ4n) is 8.98. The van der Waals surface area contributed by atoms with Crippen molar-refractivity contribution < 1.29 is 48.5 Å². The van der Waals surface area contributed by atoms with E-state index in [-0.39, 0.29) is 68.3 Å². The Morgan fingerprint density at radius 3 is 2.44 bits per heavy atom. The molecule has 1 saturated carbocycles. The standard InChI is InChI=1S/C48H59N3O11/c1-6-24-59-48-43(50(5)46(55)58-31-47(2,3)4)28-41(49-60-30-32-16-18-35(19-17-32)51(56)57)39-26-34(13-7-9-22-52)38(15-8-10-23-53)44(45(39)48)40-27-37(20-21-42(40)62-48)61-36-14-11-12-33(25-36)29-54/h6,11-12,14,16-21,25-27,29,34,38,43-45,52-53H,1,7-10,13,15,22-24,28,30-31H2,2-5H3/t34-,38+,43-,44+,45+,48+/m0/s1. The molecule has 0 bridgehead atoms. The zero-order valence-electron chi connectivity index (χ0n) is 36.1. The maximum absolute atomic E-state index is 14.1. The molecule has 1 heterocycles. The second-order valence-corrected chi connectivity index (χ2v) is 17.5. The van der Waals surface area contributed by atoms with Crippen LogP contribution >= 0.6 is 0 Å². The summed E-state index contributed by atoms with van der Waals surface area (Å²) in [6, 6.07) is 17.9. The third-order valence-corrected chi connectivity index (χ3v) is 11.8.